The summed E-state index contributed by atoms with van der Waals surface area (Å²) in [5.41, 5.74) is 2.62. The molecule has 0 aromatic heterocycles. The molecule has 1 aromatic carbocycles. The number of benzene rings is 1. The molecule has 0 saturated carbocycles. The quantitative estimate of drug-likeness (QED) is 0.395. The van der Waals surface area contributed by atoms with Crippen molar-refractivity contribution in [3.05, 3.63) is 35.9 Å². The lowest BCUT2D eigenvalue weighted by Gasteiger charge is -2.16. The van der Waals surface area contributed by atoms with Crippen LogP contribution >= 0.6 is 0 Å². The minimum Gasteiger partial charge on any atom is -0.289 e. The maximum absolute atomic E-state index is 11.9. The normalized spacial score (nSPS) is 10.3. The molecular formula is C16H24N2O4. The Bertz CT molecular complexity index is 451. The smallest absolute Gasteiger partial charge is 0.245 e. The van der Waals surface area contributed by atoms with E-state index in [1.807, 2.05) is 30.3 Å². The van der Waals surface area contributed by atoms with Crippen LogP contribution in [0.5, 0.6) is 0 Å². The van der Waals surface area contributed by atoms with E-state index in [0.717, 1.165) is 24.8 Å². The summed E-state index contributed by atoms with van der Waals surface area (Å²) < 4.78 is 0. The van der Waals surface area contributed by atoms with Crippen molar-refractivity contribution in [3.8, 4) is 0 Å². The lowest BCUT2D eigenvalue weighted by Crippen LogP contribution is -2.26. The summed E-state index contributed by atoms with van der Waals surface area (Å²) in [6.45, 7) is 0.374. The largest absolute Gasteiger partial charge is 0.289 e. The number of amides is 2. The van der Waals surface area contributed by atoms with E-state index < -0.39 is 0 Å². The molecule has 122 valence electrons. The molecule has 6 heteroatoms. The number of nitrogens with zero attached hydrogens (tertiary/aromatic N) is 1. The van der Waals surface area contributed by atoms with Crippen molar-refractivity contribution in [3.63, 3.8) is 0 Å². The third-order valence-electron chi connectivity index (χ3n) is 3.29. The van der Waals surface area contributed by atoms with Gasteiger partial charge in [0.15, 0.2) is 0 Å². The van der Waals surface area contributed by atoms with E-state index in [-0.39, 0.29) is 11.8 Å². The van der Waals surface area contributed by atoms with Crippen LogP contribution in [0, 0.1) is 0 Å². The second-order valence-corrected chi connectivity index (χ2v) is 5.10. The van der Waals surface area contributed by atoms with Crippen molar-refractivity contribution >= 4 is 11.8 Å². The Morgan fingerprint density at radius 3 is 2.36 bits per heavy atom. The van der Waals surface area contributed by atoms with Gasteiger partial charge in [0.1, 0.15) is 6.61 Å². The molecule has 0 saturated heterocycles. The Hall–Kier alpha value is -1.92. The molecule has 0 atom stereocenters. The zero-order chi connectivity index (χ0) is 16.2. The molecule has 0 fully saturated rings. The average molecular weight is 308 g/mol. The van der Waals surface area contributed by atoms with Gasteiger partial charge >= 0.3 is 0 Å². The van der Waals surface area contributed by atoms with Crippen LogP contribution < -0.4 is 5.48 Å². The predicted molar refractivity (Wildman–Crippen MR) is 81.6 cm³/mol. The van der Waals surface area contributed by atoms with Gasteiger partial charge in [0.05, 0.1) is 0 Å². The van der Waals surface area contributed by atoms with Gasteiger partial charge < -0.3 is 0 Å². The molecule has 1 aromatic rings. The van der Waals surface area contributed by atoms with E-state index in [4.69, 9.17) is 10.0 Å². The van der Waals surface area contributed by atoms with Crippen LogP contribution in [0.1, 0.15) is 44.1 Å². The third-order valence-corrected chi connectivity index (χ3v) is 3.29. The number of hydrogen-bond acceptors (Lipinski definition) is 4. The maximum atomic E-state index is 11.9. The molecule has 0 unspecified atom stereocenters. The van der Waals surface area contributed by atoms with Gasteiger partial charge in [-0.3, -0.25) is 19.6 Å². The summed E-state index contributed by atoms with van der Waals surface area (Å²) in [6.07, 6.45) is 3.94. The molecule has 6 nitrogen and oxygen atoms in total. The summed E-state index contributed by atoms with van der Waals surface area (Å²) in [4.78, 5) is 28.1. The van der Waals surface area contributed by atoms with Crippen LogP contribution in [0.4, 0.5) is 0 Å². The van der Waals surface area contributed by atoms with E-state index in [1.54, 1.807) is 12.5 Å². The summed E-state index contributed by atoms with van der Waals surface area (Å²) in [5, 5.41) is 9.62. The van der Waals surface area contributed by atoms with E-state index in [2.05, 4.69) is 0 Å². The molecule has 0 bridgehead atoms. The van der Waals surface area contributed by atoms with Crippen molar-refractivity contribution in [1.29, 1.82) is 0 Å². The first-order chi connectivity index (χ1) is 10.6. The van der Waals surface area contributed by atoms with Crippen molar-refractivity contribution in [1.82, 2.24) is 10.5 Å². The van der Waals surface area contributed by atoms with Gasteiger partial charge in [0.2, 0.25) is 11.8 Å². The van der Waals surface area contributed by atoms with E-state index >= 15 is 0 Å². The minimum absolute atomic E-state index is 0.0518. The lowest BCUT2D eigenvalue weighted by atomic mass is 10.1. The number of nitrogens with one attached hydrogen (secondary N) is 1. The molecule has 22 heavy (non-hydrogen) atoms. The Balaban J connectivity index is 2.07. The fourth-order valence-electron chi connectivity index (χ4n) is 1.95. The van der Waals surface area contributed by atoms with Crippen molar-refractivity contribution in [2.75, 3.05) is 7.05 Å². The fourth-order valence-corrected chi connectivity index (χ4v) is 1.95. The molecule has 0 aliphatic rings. The van der Waals surface area contributed by atoms with Crippen LogP contribution in [-0.4, -0.2) is 29.1 Å². The standard InChI is InChI=1S/C16H24N2O4/c1-18(22-13-14-9-5-4-6-10-14)16(20)12-8-3-2-7-11-15(19)17-21/h4-6,9-10,21H,2-3,7-8,11-13H2,1H3,(H,17,19). The van der Waals surface area contributed by atoms with Crippen LogP contribution in [0.25, 0.3) is 0 Å². The summed E-state index contributed by atoms with van der Waals surface area (Å²) in [7, 11) is 1.62. The van der Waals surface area contributed by atoms with Gasteiger partial charge in [0.25, 0.3) is 0 Å². The SMILES string of the molecule is CN(OCc1ccccc1)C(=O)CCCCCCC(=O)NO. The van der Waals surface area contributed by atoms with Crippen LogP contribution in [0.15, 0.2) is 30.3 Å². The molecule has 0 aliphatic carbocycles. The summed E-state index contributed by atoms with van der Waals surface area (Å²) >= 11 is 0. The van der Waals surface area contributed by atoms with Gasteiger partial charge in [-0.15, -0.1) is 0 Å². The van der Waals surface area contributed by atoms with Crippen molar-refractivity contribution in [2.45, 2.75) is 45.1 Å². The highest BCUT2D eigenvalue weighted by Crippen LogP contribution is 2.08. The Labute approximate surface area is 131 Å². The van der Waals surface area contributed by atoms with Crippen molar-refractivity contribution in [2.24, 2.45) is 0 Å². The highest BCUT2D eigenvalue weighted by atomic mass is 16.7. The van der Waals surface area contributed by atoms with Gasteiger partial charge in [-0.05, 0) is 18.4 Å². The van der Waals surface area contributed by atoms with Crippen LogP contribution in [-0.2, 0) is 21.0 Å². The fraction of sp³-hybridized carbons (Fsp3) is 0.500. The predicted octanol–water partition coefficient (Wildman–Crippen LogP) is 2.42. The molecule has 1 rings (SSSR count). The number of hydroxylamine groups is 3. The number of unbranched alkanes of at least 4 members (excludes halogenated alkanes) is 3. The number of carbonyl (C=O) groups excluding carboxylic acids is 2. The topological polar surface area (TPSA) is 78.9 Å². The third kappa shape index (κ3) is 7.75. The first-order valence-electron chi connectivity index (χ1n) is 7.50. The lowest BCUT2D eigenvalue weighted by molar-refractivity contribution is -0.182. The number of hydrogen-bond donors (Lipinski definition) is 2. The van der Waals surface area contributed by atoms with Gasteiger partial charge in [0, 0.05) is 19.9 Å². The second kappa shape index (κ2) is 10.8. The highest BCUT2D eigenvalue weighted by molar-refractivity contribution is 5.75. The van der Waals surface area contributed by atoms with Crippen LogP contribution in [0.2, 0.25) is 0 Å². The summed E-state index contributed by atoms with van der Waals surface area (Å²) in [6, 6.07) is 9.68. The minimum atomic E-state index is -0.370. The first kappa shape index (κ1) is 18.1. The molecule has 0 radical (unpaired) electrons. The van der Waals surface area contributed by atoms with Gasteiger partial charge in [-0.2, -0.15) is 0 Å². The number of rotatable bonds is 10. The average Bonchev–Trinajstić information content (AvgIpc) is 2.56. The second-order valence-electron chi connectivity index (χ2n) is 5.10. The molecule has 0 spiro atoms. The molecule has 2 N–H and O–H groups in total. The highest BCUT2D eigenvalue weighted by Gasteiger charge is 2.09. The Morgan fingerprint density at radius 2 is 1.73 bits per heavy atom. The Morgan fingerprint density at radius 1 is 1.09 bits per heavy atom. The molecular weight excluding hydrogens is 284 g/mol. The zero-order valence-corrected chi connectivity index (χ0v) is 13.0. The Kier molecular flexibility index (Phi) is 8.86. The summed E-state index contributed by atoms with van der Waals surface area (Å²) in [5.74, 6) is -0.422. The van der Waals surface area contributed by atoms with E-state index in [9.17, 15) is 9.59 Å². The zero-order valence-electron chi connectivity index (χ0n) is 13.0. The van der Waals surface area contributed by atoms with E-state index in [0.29, 0.717) is 25.9 Å². The van der Waals surface area contributed by atoms with Crippen molar-refractivity contribution < 1.29 is 19.6 Å². The first-order valence-corrected chi connectivity index (χ1v) is 7.50. The monoisotopic (exact) mass is 308 g/mol. The molecule has 2 amide bonds. The maximum Gasteiger partial charge on any atom is 0.245 e. The van der Waals surface area contributed by atoms with E-state index in [1.165, 1.54) is 5.06 Å². The van der Waals surface area contributed by atoms with Crippen LogP contribution in [0.3, 0.4) is 0 Å². The molecule has 0 aliphatic heterocycles. The van der Waals surface area contributed by atoms with Gasteiger partial charge in [-0.25, -0.2) is 10.5 Å². The molecule has 0 heterocycles. The van der Waals surface area contributed by atoms with Gasteiger partial charge in [-0.1, -0.05) is 43.2 Å². The number of carbonyl (C=O) groups is 2.